The Kier molecular flexibility index (Phi) is 5.51. The van der Waals surface area contributed by atoms with Gasteiger partial charge in [0.2, 0.25) is 0 Å². The number of aryl methyl sites for hydroxylation is 3. The molecule has 5 nitrogen and oxygen atoms in total. The molecule has 0 aliphatic rings. The predicted molar refractivity (Wildman–Crippen MR) is 109 cm³/mol. The molecule has 0 bridgehead atoms. The minimum atomic E-state index is -3.95. The van der Waals surface area contributed by atoms with Crippen molar-refractivity contribution in [3.05, 3.63) is 89.0 Å². The maximum absolute atomic E-state index is 12.6. The number of carbonyl (C=O) groups is 1. The van der Waals surface area contributed by atoms with E-state index in [-0.39, 0.29) is 16.6 Å². The molecule has 0 aliphatic carbocycles. The molecular weight excluding hydrogens is 374 g/mol. The second-order valence-corrected chi connectivity index (χ2v) is 8.11. The zero-order valence-electron chi connectivity index (χ0n) is 15.9. The van der Waals surface area contributed by atoms with Crippen molar-refractivity contribution in [3.63, 3.8) is 0 Å². The largest absolute Gasteiger partial charge is 0.379 e. The Labute approximate surface area is 165 Å². The average molecular weight is 395 g/mol. The molecule has 0 spiro atoms. The van der Waals surface area contributed by atoms with Gasteiger partial charge in [-0.1, -0.05) is 30.3 Å². The molecule has 0 saturated carbocycles. The molecule has 28 heavy (non-hydrogen) atoms. The van der Waals surface area contributed by atoms with Crippen LogP contribution >= 0.6 is 0 Å². The van der Waals surface area contributed by atoms with Crippen molar-refractivity contribution in [2.45, 2.75) is 25.7 Å². The topological polar surface area (TPSA) is 72.5 Å². The van der Waals surface area contributed by atoms with Crippen molar-refractivity contribution >= 4 is 21.7 Å². The van der Waals surface area contributed by atoms with Crippen LogP contribution in [0.25, 0.3) is 0 Å². The lowest BCUT2D eigenvalue weighted by molar-refractivity contribution is 0.102. The van der Waals surface area contributed by atoms with Crippen LogP contribution < -0.4 is 9.50 Å². The molecule has 0 heterocycles. The monoisotopic (exact) mass is 395 g/mol. The Balaban J connectivity index is 1.76. The molecule has 0 atom stereocenters. The summed E-state index contributed by atoms with van der Waals surface area (Å²) in [7, 11) is -3.95. The number of benzene rings is 3. The summed E-state index contributed by atoms with van der Waals surface area (Å²) in [5.74, 6) is -0.133. The van der Waals surface area contributed by atoms with Gasteiger partial charge in [0.15, 0.2) is 0 Å². The van der Waals surface area contributed by atoms with Gasteiger partial charge in [-0.3, -0.25) is 4.79 Å². The standard InChI is InChI=1S/C22H21NO4S/c1-15-8-9-17(3)21(14-15)28(25,26)27-19-12-10-18(11-13-19)22(24)23-20-7-5-4-6-16(20)2/h4-14H,1-3H3,(H,23,24). The number of carbonyl (C=O) groups excluding carboxylic acids is 1. The van der Waals surface area contributed by atoms with Crippen molar-refractivity contribution in [2.24, 2.45) is 0 Å². The molecule has 6 heteroatoms. The highest BCUT2D eigenvalue weighted by atomic mass is 32.2. The Morgan fingerprint density at radius 2 is 1.54 bits per heavy atom. The van der Waals surface area contributed by atoms with E-state index >= 15 is 0 Å². The van der Waals surface area contributed by atoms with Gasteiger partial charge in [-0.15, -0.1) is 0 Å². The van der Waals surface area contributed by atoms with Crippen LogP contribution in [0.1, 0.15) is 27.0 Å². The van der Waals surface area contributed by atoms with Gasteiger partial charge in [-0.25, -0.2) is 0 Å². The Bertz CT molecular complexity index is 1120. The van der Waals surface area contributed by atoms with Gasteiger partial charge in [0.05, 0.1) is 0 Å². The van der Waals surface area contributed by atoms with Crippen LogP contribution in [0.4, 0.5) is 5.69 Å². The third-order valence-corrected chi connectivity index (χ3v) is 5.72. The number of amides is 1. The number of hydrogen-bond acceptors (Lipinski definition) is 4. The van der Waals surface area contributed by atoms with Crippen LogP contribution in [0.2, 0.25) is 0 Å². The smallest absolute Gasteiger partial charge is 0.339 e. The first-order valence-corrected chi connectivity index (χ1v) is 10.2. The van der Waals surface area contributed by atoms with E-state index in [0.717, 1.165) is 16.8 Å². The van der Waals surface area contributed by atoms with Crippen molar-refractivity contribution in [2.75, 3.05) is 5.32 Å². The maximum atomic E-state index is 12.6. The van der Waals surface area contributed by atoms with Crippen LogP contribution in [0.3, 0.4) is 0 Å². The van der Waals surface area contributed by atoms with Crippen molar-refractivity contribution in [1.82, 2.24) is 0 Å². The number of para-hydroxylation sites is 1. The second kappa shape index (κ2) is 7.86. The molecule has 0 fully saturated rings. The van der Waals surface area contributed by atoms with Crippen molar-refractivity contribution in [1.29, 1.82) is 0 Å². The summed E-state index contributed by atoms with van der Waals surface area (Å²) < 4.78 is 30.4. The third-order valence-electron chi connectivity index (χ3n) is 4.33. The molecule has 3 aromatic rings. The molecule has 0 aliphatic heterocycles. The molecule has 1 N–H and O–H groups in total. The lowest BCUT2D eigenvalue weighted by Crippen LogP contribution is -2.13. The molecule has 3 rings (SSSR count). The van der Waals surface area contributed by atoms with E-state index in [1.54, 1.807) is 19.1 Å². The summed E-state index contributed by atoms with van der Waals surface area (Å²) in [4.78, 5) is 12.5. The van der Waals surface area contributed by atoms with E-state index in [1.165, 1.54) is 24.3 Å². The summed E-state index contributed by atoms with van der Waals surface area (Å²) in [6.07, 6.45) is 0. The molecule has 0 saturated heterocycles. The summed E-state index contributed by atoms with van der Waals surface area (Å²) >= 11 is 0. The van der Waals surface area contributed by atoms with E-state index in [1.807, 2.05) is 44.2 Å². The van der Waals surface area contributed by atoms with Crippen molar-refractivity contribution in [3.8, 4) is 5.75 Å². The molecule has 0 radical (unpaired) electrons. The summed E-state index contributed by atoms with van der Waals surface area (Å²) in [6.45, 7) is 5.44. The Morgan fingerprint density at radius 1 is 0.857 bits per heavy atom. The van der Waals surface area contributed by atoms with E-state index in [9.17, 15) is 13.2 Å². The van der Waals surface area contributed by atoms with Crippen LogP contribution in [0.15, 0.2) is 71.6 Å². The van der Waals surface area contributed by atoms with E-state index in [4.69, 9.17) is 4.18 Å². The number of rotatable bonds is 5. The van der Waals surface area contributed by atoms with E-state index in [0.29, 0.717) is 11.1 Å². The molecule has 3 aromatic carbocycles. The third kappa shape index (κ3) is 4.40. The van der Waals surface area contributed by atoms with Crippen LogP contribution in [-0.4, -0.2) is 14.3 Å². The highest BCUT2D eigenvalue weighted by molar-refractivity contribution is 7.87. The zero-order chi connectivity index (χ0) is 20.3. The molecule has 0 aromatic heterocycles. The number of hydrogen-bond donors (Lipinski definition) is 1. The van der Waals surface area contributed by atoms with Crippen molar-refractivity contribution < 1.29 is 17.4 Å². The van der Waals surface area contributed by atoms with Gasteiger partial charge < -0.3 is 9.50 Å². The minimum Gasteiger partial charge on any atom is -0.379 e. The summed E-state index contributed by atoms with van der Waals surface area (Å²) in [5.41, 5.74) is 3.52. The van der Waals surface area contributed by atoms with Gasteiger partial charge in [0.1, 0.15) is 10.6 Å². The van der Waals surface area contributed by atoms with Gasteiger partial charge in [-0.2, -0.15) is 8.42 Å². The van der Waals surface area contributed by atoms with E-state index in [2.05, 4.69) is 5.32 Å². The summed E-state index contributed by atoms with van der Waals surface area (Å²) in [6, 6.07) is 18.6. The highest BCUT2D eigenvalue weighted by Gasteiger charge is 2.19. The number of nitrogens with one attached hydrogen (secondary N) is 1. The molecule has 1 amide bonds. The molecule has 144 valence electrons. The minimum absolute atomic E-state index is 0.133. The van der Waals surface area contributed by atoms with E-state index < -0.39 is 10.1 Å². The Hall–Kier alpha value is -3.12. The van der Waals surface area contributed by atoms with Gasteiger partial charge >= 0.3 is 10.1 Å². The Morgan fingerprint density at radius 3 is 2.21 bits per heavy atom. The fourth-order valence-electron chi connectivity index (χ4n) is 2.72. The quantitative estimate of drug-likeness (QED) is 0.639. The normalized spacial score (nSPS) is 11.1. The lowest BCUT2D eigenvalue weighted by atomic mass is 10.1. The molecule has 0 unspecified atom stereocenters. The van der Waals surface area contributed by atoms with Gasteiger partial charge in [0, 0.05) is 11.3 Å². The fourth-order valence-corrected chi connectivity index (χ4v) is 3.96. The summed E-state index contributed by atoms with van der Waals surface area (Å²) in [5, 5.41) is 2.84. The maximum Gasteiger partial charge on any atom is 0.339 e. The first kappa shape index (κ1) is 19.6. The van der Waals surface area contributed by atoms with Gasteiger partial charge in [-0.05, 0) is 73.9 Å². The first-order valence-electron chi connectivity index (χ1n) is 8.75. The SMILES string of the molecule is Cc1ccc(C)c(S(=O)(=O)Oc2ccc(C(=O)Nc3ccccc3C)cc2)c1. The average Bonchev–Trinajstić information content (AvgIpc) is 2.65. The van der Waals surface area contributed by atoms with Crippen LogP contribution in [0.5, 0.6) is 5.75 Å². The molecular formula is C22H21NO4S. The first-order chi connectivity index (χ1) is 13.3. The predicted octanol–water partition coefficient (Wildman–Crippen LogP) is 4.63. The highest BCUT2D eigenvalue weighted by Crippen LogP contribution is 2.23. The van der Waals surface area contributed by atoms with Crippen LogP contribution in [0, 0.1) is 20.8 Å². The fraction of sp³-hybridized carbons (Fsp3) is 0.136. The lowest BCUT2D eigenvalue weighted by Gasteiger charge is -2.11. The van der Waals surface area contributed by atoms with Gasteiger partial charge in [0.25, 0.3) is 5.91 Å². The second-order valence-electron chi connectivity index (χ2n) is 6.60. The number of anilines is 1. The zero-order valence-corrected chi connectivity index (χ0v) is 16.7. The van der Waals surface area contributed by atoms with Crippen LogP contribution in [-0.2, 0) is 10.1 Å².